The Morgan fingerprint density at radius 1 is 1.36 bits per heavy atom. The highest BCUT2D eigenvalue weighted by Crippen LogP contribution is 1.98. The number of allylic oxidation sites excluding steroid dienone is 1. The average Bonchev–Trinajstić information content (AvgIpc) is 1.97. The Morgan fingerprint density at radius 3 is 2.36 bits per heavy atom. The van der Waals surface area contributed by atoms with Gasteiger partial charge in [-0.15, -0.1) is 0 Å². The van der Waals surface area contributed by atoms with E-state index in [1.165, 1.54) is 18.4 Å². The monoisotopic (exact) mass is 155 g/mol. The lowest BCUT2D eigenvalue weighted by molar-refractivity contribution is 0.571. The van der Waals surface area contributed by atoms with Crippen LogP contribution in [0.15, 0.2) is 11.6 Å². The van der Waals surface area contributed by atoms with Crippen LogP contribution >= 0.6 is 0 Å². The summed E-state index contributed by atoms with van der Waals surface area (Å²) in [6.45, 7) is 9.84. The van der Waals surface area contributed by atoms with Crippen molar-refractivity contribution in [2.24, 2.45) is 0 Å². The molecule has 0 bridgehead atoms. The molecule has 0 amide bonds. The van der Waals surface area contributed by atoms with Crippen LogP contribution in [0.5, 0.6) is 0 Å². The van der Waals surface area contributed by atoms with Crippen LogP contribution in [-0.4, -0.2) is 12.6 Å². The summed E-state index contributed by atoms with van der Waals surface area (Å²) in [5.74, 6) is 0. The van der Waals surface area contributed by atoms with Crippen LogP contribution < -0.4 is 5.32 Å². The lowest BCUT2D eigenvalue weighted by atomic mass is 10.1. The first-order chi connectivity index (χ1) is 5.20. The Kier molecular flexibility index (Phi) is 6.24. The van der Waals surface area contributed by atoms with E-state index in [0.29, 0.717) is 6.04 Å². The Balaban J connectivity index is 3.67. The second-order valence-electron chi connectivity index (χ2n) is 3.21. The molecule has 0 aromatic rings. The average molecular weight is 155 g/mol. The predicted molar refractivity (Wildman–Crippen MR) is 51.8 cm³/mol. The molecule has 1 heteroatoms. The molecule has 1 atom stereocenters. The molecule has 0 aliphatic carbocycles. The fraction of sp³-hybridized carbons (Fsp3) is 0.800. The van der Waals surface area contributed by atoms with Crippen molar-refractivity contribution < 1.29 is 0 Å². The Morgan fingerprint density at radius 2 is 2.00 bits per heavy atom. The van der Waals surface area contributed by atoms with Gasteiger partial charge in [0.1, 0.15) is 0 Å². The minimum atomic E-state index is 0.583. The van der Waals surface area contributed by atoms with Gasteiger partial charge in [-0.05, 0) is 33.2 Å². The number of hydrogen-bond acceptors (Lipinski definition) is 1. The molecule has 0 rings (SSSR count). The topological polar surface area (TPSA) is 12.0 Å². The lowest BCUT2D eigenvalue weighted by Gasteiger charge is -2.12. The van der Waals surface area contributed by atoms with Crippen LogP contribution in [0.1, 0.15) is 40.5 Å². The number of hydrogen-bond donors (Lipinski definition) is 1. The van der Waals surface area contributed by atoms with E-state index in [-0.39, 0.29) is 0 Å². The standard InChI is InChI=1S/C10H21N/c1-5-7-11-10(6-2)8-9(3)4/h8,10-11H,5-7H2,1-4H3. The largest absolute Gasteiger partial charge is 0.311 e. The van der Waals surface area contributed by atoms with Gasteiger partial charge in [0.15, 0.2) is 0 Å². The zero-order chi connectivity index (χ0) is 8.69. The fourth-order valence-corrected chi connectivity index (χ4v) is 1.05. The lowest BCUT2D eigenvalue weighted by Crippen LogP contribution is -2.27. The van der Waals surface area contributed by atoms with Gasteiger partial charge >= 0.3 is 0 Å². The molecule has 0 aromatic carbocycles. The Hall–Kier alpha value is -0.300. The summed E-state index contributed by atoms with van der Waals surface area (Å²) >= 11 is 0. The van der Waals surface area contributed by atoms with Crippen LogP contribution in [0.3, 0.4) is 0 Å². The molecule has 0 heterocycles. The van der Waals surface area contributed by atoms with Gasteiger partial charge in [-0.1, -0.05) is 25.5 Å². The maximum atomic E-state index is 3.47. The smallest absolute Gasteiger partial charge is 0.0249 e. The second-order valence-corrected chi connectivity index (χ2v) is 3.21. The van der Waals surface area contributed by atoms with Crippen molar-refractivity contribution in [3.05, 3.63) is 11.6 Å². The molecule has 0 spiro atoms. The maximum Gasteiger partial charge on any atom is 0.0249 e. The van der Waals surface area contributed by atoms with Crippen LogP contribution in [0.4, 0.5) is 0 Å². The van der Waals surface area contributed by atoms with Crippen molar-refractivity contribution in [2.45, 2.75) is 46.6 Å². The van der Waals surface area contributed by atoms with Crippen molar-refractivity contribution in [2.75, 3.05) is 6.54 Å². The van der Waals surface area contributed by atoms with Gasteiger partial charge in [-0.3, -0.25) is 0 Å². The van der Waals surface area contributed by atoms with Crippen molar-refractivity contribution in [3.63, 3.8) is 0 Å². The molecule has 0 fully saturated rings. The Bertz CT molecular complexity index is 112. The molecular weight excluding hydrogens is 134 g/mol. The highest BCUT2D eigenvalue weighted by atomic mass is 14.9. The van der Waals surface area contributed by atoms with Gasteiger partial charge in [0.2, 0.25) is 0 Å². The van der Waals surface area contributed by atoms with Gasteiger partial charge in [0, 0.05) is 6.04 Å². The third-order valence-electron chi connectivity index (χ3n) is 1.63. The van der Waals surface area contributed by atoms with E-state index in [9.17, 15) is 0 Å². The predicted octanol–water partition coefficient (Wildman–Crippen LogP) is 2.73. The molecular formula is C10H21N. The summed E-state index contributed by atoms with van der Waals surface area (Å²) in [5.41, 5.74) is 1.40. The first-order valence-corrected chi connectivity index (χ1v) is 4.59. The van der Waals surface area contributed by atoms with E-state index in [4.69, 9.17) is 0 Å². The summed E-state index contributed by atoms with van der Waals surface area (Å²) in [7, 11) is 0. The molecule has 0 saturated carbocycles. The zero-order valence-electron chi connectivity index (χ0n) is 8.28. The molecule has 0 radical (unpaired) electrons. The molecule has 0 aliphatic rings. The summed E-state index contributed by atoms with van der Waals surface area (Å²) in [5, 5.41) is 3.47. The van der Waals surface area contributed by atoms with Gasteiger partial charge in [0.25, 0.3) is 0 Å². The SMILES string of the molecule is CCCNC(C=C(C)C)CC. The third-order valence-corrected chi connectivity index (χ3v) is 1.63. The van der Waals surface area contributed by atoms with Gasteiger partial charge in [0.05, 0.1) is 0 Å². The molecule has 0 aliphatic heterocycles. The molecule has 1 nitrogen and oxygen atoms in total. The summed E-state index contributed by atoms with van der Waals surface area (Å²) in [4.78, 5) is 0. The first-order valence-electron chi connectivity index (χ1n) is 4.59. The fourth-order valence-electron chi connectivity index (χ4n) is 1.05. The van der Waals surface area contributed by atoms with E-state index in [0.717, 1.165) is 6.54 Å². The van der Waals surface area contributed by atoms with Gasteiger partial charge in [-0.25, -0.2) is 0 Å². The Labute approximate surface area is 70.9 Å². The van der Waals surface area contributed by atoms with Crippen LogP contribution in [0.25, 0.3) is 0 Å². The molecule has 11 heavy (non-hydrogen) atoms. The van der Waals surface area contributed by atoms with E-state index in [1.54, 1.807) is 0 Å². The summed E-state index contributed by atoms with van der Waals surface area (Å²) < 4.78 is 0. The van der Waals surface area contributed by atoms with Crippen molar-refractivity contribution in [3.8, 4) is 0 Å². The van der Waals surface area contributed by atoms with Crippen molar-refractivity contribution >= 4 is 0 Å². The summed E-state index contributed by atoms with van der Waals surface area (Å²) in [6, 6.07) is 0.583. The highest BCUT2D eigenvalue weighted by molar-refractivity contribution is 5.00. The summed E-state index contributed by atoms with van der Waals surface area (Å²) in [6.07, 6.45) is 4.70. The van der Waals surface area contributed by atoms with E-state index in [2.05, 4.69) is 39.1 Å². The first kappa shape index (κ1) is 10.7. The minimum Gasteiger partial charge on any atom is -0.311 e. The zero-order valence-corrected chi connectivity index (χ0v) is 8.28. The maximum absolute atomic E-state index is 3.47. The molecule has 0 aromatic heterocycles. The van der Waals surface area contributed by atoms with Crippen LogP contribution in [0.2, 0.25) is 0 Å². The van der Waals surface area contributed by atoms with Gasteiger partial charge < -0.3 is 5.32 Å². The number of rotatable bonds is 5. The van der Waals surface area contributed by atoms with Crippen LogP contribution in [-0.2, 0) is 0 Å². The molecule has 1 N–H and O–H groups in total. The number of nitrogens with one attached hydrogen (secondary N) is 1. The van der Waals surface area contributed by atoms with Crippen molar-refractivity contribution in [1.29, 1.82) is 0 Å². The normalized spacial score (nSPS) is 12.7. The van der Waals surface area contributed by atoms with Crippen LogP contribution in [0, 0.1) is 0 Å². The highest BCUT2D eigenvalue weighted by Gasteiger charge is 1.98. The van der Waals surface area contributed by atoms with E-state index in [1.807, 2.05) is 0 Å². The molecule has 66 valence electrons. The van der Waals surface area contributed by atoms with Crippen molar-refractivity contribution in [1.82, 2.24) is 5.32 Å². The molecule has 1 unspecified atom stereocenters. The molecule has 0 saturated heterocycles. The quantitative estimate of drug-likeness (QED) is 0.602. The third kappa shape index (κ3) is 6.11. The minimum absolute atomic E-state index is 0.583. The van der Waals surface area contributed by atoms with E-state index >= 15 is 0 Å². The second kappa shape index (κ2) is 6.41. The van der Waals surface area contributed by atoms with E-state index < -0.39 is 0 Å². The van der Waals surface area contributed by atoms with Gasteiger partial charge in [-0.2, -0.15) is 0 Å².